The molecule has 1 amide bonds. The monoisotopic (exact) mass is 392 g/mol. The molecule has 29 heavy (non-hydrogen) atoms. The lowest BCUT2D eigenvalue weighted by Gasteiger charge is -2.54. The van der Waals surface area contributed by atoms with E-state index in [1.165, 1.54) is 50.8 Å². The van der Waals surface area contributed by atoms with E-state index < -0.39 is 0 Å². The van der Waals surface area contributed by atoms with Crippen molar-refractivity contribution in [1.82, 2.24) is 9.80 Å². The number of nitrogens with zero attached hydrogens (tertiary/aromatic N) is 2. The Hall–Kier alpha value is -1.81. The summed E-state index contributed by atoms with van der Waals surface area (Å²) in [6, 6.07) is 7.45. The molecule has 4 nitrogen and oxygen atoms in total. The zero-order valence-electron chi connectivity index (χ0n) is 17.3. The first-order valence-corrected chi connectivity index (χ1v) is 11.7. The molecule has 0 N–H and O–H groups in total. The molecular formula is C25H32N2O2. The van der Waals surface area contributed by atoms with E-state index in [4.69, 9.17) is 4.74 Å². The van der Waals surface area contributed by atoms with E-state index in [-0.39, 0.29) is 0 Å². The molecule has 0 radical (unpaired) electrons. The molecule has 4 atom stereocenters. The lowest BCUT2D eigenvalue weighted by Crippen LogP contribution is -2.60. The molecule has 4 aliphatic heterocycles. The summed E-state index contributed by atoms with van der Waals surface area (Å²) < 4.78 is 5.63. The fourth-order valence-electron chi connectivity index (χ4n) is 6.88. The van der Waals surface area contributed by atoms with Crippen molar-refractivity contribution < 1.29 is 9.53 Å². The maximum atomic E-state index is 13.4. The van der Waals surface area contributed by atoms with Crippen LogP contribution in [0.1, 0.15) is 49.7 Å². The topological polar surface area (TPSA) is 32.8 Å². The van der Waals surface area contributed by atoms with E-state index in [0.29, 0.717) is 24.3 Å². The second-order valence-electron chi connectivity index (χ2n) is 9.81. The third kappa shape index (κ3) is 3.11. The SMILES string of the molecule is O=C(Cc1ccc2c(c1)CCO2)N1CCCC2=C[C@H]3C[C@@H](CN4CCCC[C@@H]34)[C@H]21. The molecule has 0 unspecified atom stereocenters. The van der Waals surface area contributed by atoms with Crippen LogP contribution < -0.4 is 4.74 Å². The molecule has 0 aromatic heterocycles. The van der Waals surface area contributed by atoms with Crippen LogP contribution in [0.15, 0.2) is 29.8 Å². The van der Waals surface area contributed by atoms with Gasteiger partial charge in [0.05, 0.1) is 19.1 Å². The van der Waals surface area contributed by atoms with Gasteiger partial charge in [-0.2, -0.15) is 0 Å². The van der Waals surface area contributed by atoms with Crippen LogP contribution in [0.5, 0.6) is 5.75 Å². The van der Waals surface area contributed by atoms with Crippen LogP contribution in [0.2, 0.25) is 0 Å². The van der Waals surface area contributed by atoms with Crippen LogP contribution in [-0.4, -0.2) is 54.0 Å². The number of rotatable bonds is 2. The Labute approximate surface area is 173 Å². The highest BCUT2D eigenvalue weighted by atomic mass is 16.5. The number of fused-ring (bicyclic) bond motifs is 7. The Morgan fingerprint density at radius 1 is 1.14 bits per heavy atom. The fourth-order valence-corrected chi connectivity index (χ4v) is 6.88. The third-order valence-electron chi connectivity index (χ3n) is 8.09. The van der Waals surface area contributed by atoms with E-state index in [9.17, 15) is 4.79 Å². The number of amides is 1. The number of likely N-dealkylation sites (tertiary alicyclic amines) is 1. The van der Waals surface area contributed by atoms with Crippen LogP contribution in [0, 0.1) is 11.8 Å². The Balaban J connectivity index is 1.24. The first-order chi connectivity index (χ1) is 14.3. The molecule has 154 valence electrons. The maximum absolute atomic E-state index is 13.4. The Bertz CT molecular complexity index is 847. The minimum absolute atomic E-state index is 0.318. The second-order valence-corrected chi connectivity index (χ2v) is 9.81. The zero-order chi connectivity index (χ0) is 19.4. The first-order valence-electron chi connectivity index (χ1n) is 11.7. The molecule has 2 bridgehead atoms. The van der Waals surface area contributed by atoms with Gasteiger partial charge in [-0.1, -0.05) is 30.2 Å². The number of benzene rings is 1. The van der Waals surface area contributed by atoms with Crippen molar-refractivity contribution in [2.45, 2.75) is 63.5 Å². The van der Waals surface area contributed by atoms with Gasteiger partial charge in [-0.15, -0.1) is 0 Å². The third-order valence-corrected chi connectivity index (χ3v) is 8.09. The molecule has 3 saturated heterocycles. The minimum atomic E-state index is 0.318. The van der Waals surface area contributed by atoms with Crippen LogP contribution in [0.4, 0.5) is 0 Å². The lowest BCUT2D eigenvalue weighted by atomic mass is 9.68. The Kier molecular flexibility index (Phi) is 4.44. The largest absolute Gasteiger partial charge is 0.493 e. The van der Waals surface area contributed by atoms with Crippen LogP contribution in [0.3, 0.4) is 0 Å². The van der Waals surface area contributed by atoms with Gasteiger partial charge in [0.15, 0.2) is 0 Å². The van der Waals surface area contributed by atoms with Crippen molar-refractivity contribution >= 4 is 5.91 Å². The number of piperidine rings is 3. The van der Waals surface area contributed by atoms with Gasteiger partial charge in [-0.25, -0.2) is 0 Å². The van der Waals surface area contributed by atoms with E-state index in [1.807, 2.05) is 0 Å². The molecule has 4 heteroatoms. The van der Waals surface area contributed by atoms with Crippen molar-refractivity contribution in [3.05, 3.63) is 41.0 Å². The summed E-state index contributed by atoms with van der Waals surface area (Å²) in [7, 11) is 0. The van der Waals surface area contributed by atoms with Crippen molar-refractivity contribution in [3.63, 3.8) is 0 Å². The van der Waals surface area contributed by atoms with Gasteiger partial charge in [-0.3, -0.25) is 9.69 Å². The summed E-state index contributed by atoms with van der Waals surface area (Å²) in [6.07, 6.45) is 11.8. The van der Waals surface area contributed by atoms with Crippen LogP contribution >= 0.6 is 0 Å². The molecule has 1 aromatic rings. The maximum Gasteiger partial charge on any atom is 0.227 e. The van der Waals surface area contributed by atoms with Crippen molar-refractivity contribution in [2.24, 2.45) is 11.8 Å². The summed E-state index contributed by atoms with van der Waals surface area (Å²) in [6.45, 7) is 4.16. The highest BCUT2D eigenvalue weighted by Gasteiger charge is 2.46. The molecule has 6 rings (SSSR count). The van der Waals surface area contributed by atoms with Gasteiger partial charge in [0, 0.05) is 25.6 Å². The number of ether oxygens (including phenoxy) is 1. The Morgan fingerprint density at radius 2 is 2.10 bits per heavy atom. The molecule has 4 heterocycles. The first kappa shape index (κ1) is 18.0. The van der Waals surface area contributed by atoms with Gasteiger partial charge >= 0.3 is 0 Å². The van der Waals surface area contributed by atoms with Gasteiger partial charge in [-0.05, 0) is 67.7 Å². The molecule has 0 spiro atoms. The predicted octanol–water partition coefficient (Wildman–Crippen LogP) is 3.59. The van der Waals surface area contributed by atoms with E-state index in [1.54, 1.807) is 5.57 Å². The molecule has 5 aliphatic rings. The van der Waals surface area contributed by atoms with Gasteiger partial charge in [0.25, 0.3) is 0 Å². The minimum Gasteiger partial charge on any atom is -0.493 e. The Morgan fingerprint density at radius 3 is 3.07 bits per heavy atom. The average Bonchev–Trinajstić information content (AvgIpc) is 3.21. The van der Waals surface area contributed by atoms with Crippen molar-refractivity contribution in [3.8, 4) is 5.75 Å². The van der Waals surface area contributed by atoms with Gasteiger partial charge in [0.1, 0.15) is 5.75 Å². The highest BCUT2D eigenvalue weighted by Crippen LogP contribution is 2.45. The molecule has 1 aromatic carbocycles. The van der Waals surface area contributed by atoms with Gasteiger partial charge < -0.3 is 9.64 Å². The molecular weight excluding hydrogens is 360 g/mol. The second kappa shape index (κ2) is 7.16. The normalized spacial score (nSPS) is 33.2. The van der Waals surface area contributed by atoms with Crippen LogP contribution in [-0.2, 0) is 17.6 Å². The number of carbonyl (C=O) groups excluding carboxylic acids is 1. The quantitative estimate of drug-likeness (QED) is 0.721. The summed E-state index contributed by atoms with van der Waals surface area (Å²) in [4.78, 5) is 18.4. The van der Waals surface area contributed by atoms with Crippen molar-refractivity contribution in [1.29, 1.82) is 0 Å². The summed E-state index contributed by atoms with van der Waals surface area (Å²) >= 11 is 0. The highest BCUT2D eigenvalue weighted by molar-refractivity contribution is 5.80. The molecule has 1 aliphatic carbocycles. The smallest absolute Gasteiger partial charge is 0.227 e. The number of hydrogen-bond acceptors (Lipinski definition) is 3. The van der Waals surface area contributed by atoms with E-state index >= 15 is 0 Å². The summed E-state index contributed by atoms with van der Waals surface area (Å²) in [5.74, 6) is 2.68. The summed E-state index contributed by atoms with van der Waals surface area (Å²) in [5.41, 5.74) is 3.99. The number of carbonyl (C=O) groups is 1. The van der Waals surface area contributed by atoms with Gasteiger partial charge in [0.2, 0.25) is 5.91 Å². The molecule has 0 saturated carbocycles. The molecule has 3 fully saturated rings. The average molecular weight is 393 g/mol. The summed E-state index contributed by atoms with van der Waals surface area (Å²) in [5, 5.41) is 0. The van der Waals surface area contributed by atoms with E-state index in [2.05, 4.69) is 34.1 Å². The lowest BCUT2D eigenvalue weighted by molar-refractivity contribution is -0.135. The predicted molar refractivity (Wildman–Crippen MR) is 113 cm³/mol. The van der Waals surface area contributed by atoms with Crippen molar-refractivity contribution in [2.75, 3.05) is 26.2 Å². The van der Waals surface area contributed by atoms with Crippen LogP contribution in [0.25, 0.3) is 0 Å². The number of hydrogen-bond donors (Lipinski definition) is 0. The fraction of sp³-hybridized carbons (Fsp3) is 0.640. The zero-order valence-corrected chi connectivity index (χ0v) is 17.3. The van der Waals surface area contributed by atoms with E-state index in [0.717, 1.165) is 49.3 Å². The standard InChI is InChI=1S/C25H32N2O2/c28-24(13-17-6-7-23-18(12-17)8-11-29-23)27-10-3-4-19-14-20-15-21(25(19)27)16-26-9-2-1-5-22(20)26/h6-7,12,14,20-22,25H,1-5,8-11,13,15-16H2/t20-,21-,22-,25-/m0/s1.